The average Bonchev–Trinajstić information content (AvgIpc) is 2.39. The van der Waals surface area contributed by atoms with Gasteiger partial charge in [0.15, 0.2) is 0 Å². The molecular weight excluding hydrogens is 254 g/mol. The predicted octanol–water partition coefficient (Wildman–Crippen LogP) is 2.16. The normalized spacial score (nSPS) is 22.1. The number of esters is 1. The van der Waals surface area contributed by atoms with Gasteiger partial charge in [-0.1, -0.05) is 19.8 Å². The van der Waals surface area contributed by atoms with E-state index in [2.05, 4.69) is 12.2 Å². The minimum absolute atomic E-state index is 0.118. The van der Waals surface area contributed by atoms with Crippen molar-refractivity contribution in [3.63, 3.8) is 0 Å². The molecule has 2 atom stereocenters. The molecule has 5 heteroatoms. The van der Waals surface area contributed by atoms with Crippen molar-refractivity contribution in [2.75, 3.05) is 30.9 Å². The van der Waals surface area contributed by atoms with Crippen molar-refractivity contribution in [1.82, 2.24) is 5.32 Å². The molecule has 0 aliphatic carbocycles. The molecule has 0 aromatic heterocycles. The molecule has 0 aromatic carbocycles. The van der Waals surface area contributed by atoms with E-state index in [1.807, 2.05) is 23.5 Å². The topological polar surface area (TPSA) is 38.3 Å². The first kappa shape index (κ1) is 15.2. The standard InChI is InChI=1S/C12H23NO2S2/c1-3-4-5-11(12(14)15-2)13-8-10-9-16-6-7-17-10/h10-11,13H,3-9H2,1-2H3. The second-order valence-electron chi connectivity index (χ2n) is 4.19. The molecule has 1 N–H and O–H groups in total. The van der Waals surface area contributed by atoms with E-state index in [1.165, 1.54) is 24.4 Å². The fourth-order valence-corrected chi connectivity index (χ4v) is 4.41. The first-order chi connectivity index (χ1) is 8.27. The SMILES string of the molecule is CCCCC(NCC1CSCCS1)C(=O)OC. The zero-order valence-electron chi connectivity index (χ0n) is 10.7. The van der Waals surface area contributed by atoms with Crippen LogP contribution in [-0.4, -0.2) is 48.2 Å². The molecule has 1 fully saturated rings. The summed E-state index contributed by atoms with van der Waals surface area (Å²) in [6, 6.07) is -0.118. The zero-order valence-corrected chi connectivity index (χ0v) is 12.4. The molecule has 0 spiro atoms. The van der Waals surface area contributed by atoms with Gasteiger partial charge in [-0.15, -0.1) is 0 Å². The molecule has 0 amide bonds. The third-order valence-electron chi connectivity index (χ3n) is 2.81. The molecule has 17 heavy (non-hydrogen) atoms. The Labute approximate surface area is 113 Å². The lowest BCUT2D eigenvalue weighted by Gasteiger charge is -2.24. The lowest BCUT2D eigenvalue weighted by molar-refractivity contribution is -0.143. The highest BCUT2D eigenvalue weighted by molar-refractivity contribution is 8.06. The number of methoxy groups -OCH3 is 1. The molecule has 100 valence electrons. The molecule has 1 aliphatic heterocycles. The van der Waals surface area contributed by atoms with Gasteiger partial charge in [0, 0.05) is 29.1 Å². The number of rotatable bonds is 7. The first-order valence-corrected chi connectivity index (χ1v) is 8.48. The summed E-state index contributed by atoms with van der Waals surface area (Å²) in [4.78, 5) is 11.6. The maximum atomic E-state index is 11.6. The number of nitrogens with one attached hydrogen (secondary N) is 1. The van der Waals surface area contributed by atoms with Gasteiger partial charge in [0.2, 0.25) is 0 Å². The van der Waals surface area contributed by atoms with Gasteiger partial charge in [-0.25, -0.2) is 0 Å². The van der Waals surface area contributed by atoms with Crippen molar-refractivity contribution < 1.29 is 9.53 Å². The van der Waals surface area contributed by atoms with Crippen molar-refractivity contribution in [3.8, 4) is 0 Å². The number of unbranched alkanes of at least 4 members (excludes halogenated alkanes) is 1. The Hall–Kier alpha value is 0.130. The summed E-state index contributed by atoms with van der Waals surface area (Å²) in [5.41, 5.74) is 0. The van der Waals surface area contributed by atoms with Crippen LogP contribution in [0.25, 0.3) is 0 Å². The van der Waals surface area contributed by atoms with Crippen molar-refractivity contribution in [2.45, 2.75) is 37.5 Å². The van der Waals surface area contributed by atoms with Gasteiger partial charge in [0.1, 0.15) is 6.04 Å². The van der Waals surface area contributed by atoms with Crippen LogP contribution in [0.1, 0.15) is 26.2 Å². The summed E-state index contributed by atoms with van der Waals surface area (Å²) in [5.74, 6) is 3.57. The third-order valence-corrected chi connectivity index (χ3v) is 5.65. The molecule has 3 nitrogen and oxygen atoms in total. The lowest BCUT2D eigenvalue weighted by atomic mass is 10.1. The number of thioether (sulfide) groups is 2. The fourth-order valence-electron chi connectivity index (χ4n) is 1.78. The second-order valence-corrected chi connectivity index (χ2v) is 6.75. The quantitative estimate of drug-likeness (QED) is 0.722. The molecule has 0 aromatic rings. The molecular formula is C12H23NO2S2. The number of carbonyl (C=O) groups excluding carboxylic acids is 1. The third kappa shape index (κ3) is 6.02. The van der Waals surface area contributed by atoms with Gasteiger partial charge in [-0.2, -0.15) is 23.5 Å². The predicted molar refractivity (Wildman–Crippen MR) is 76.9 cm³/mol. The van der Waals surface area contributed by atoms with E-state index < -0.39 is 0 Å². The highest BCUT2D eigenvalue weighted by Gasteiger charge is 2.21. The van der Waals surface area contributed by atoms with E-state index in [-0.39, 0.29) is 12.0 Å². The molecule has 0 bridgehead atoms. The molecule has 2 unspecified atom stereocenters. The number of ether oxygens (including phenoxy) is 1. The van der Waals surface area contributed by atoms with Crippen molar-refractivity contribution in [3.05, 3.63) is 0 Å². The molecule has 1 heterocycles. The van der Waals surface area contributed by atoms with Crippen LogP contribution in [0, 0.1) is 0 Å². The Morgan fingerprint density at radius 2 is 2.35 bits per heavy atom. The van der Waals surface area contributed by atoms with Gasteiger partial charge < -0.3 is 10.1 Å². The fraction of sp³-hybridized carbons (Fsp3) is 0.917. The summed E-state index contributed by atoms with van der Waals surface area (Å²) >= 11 is 4.02. The Kier molecular flexibility index (Phi) is 8.14. The number of hydrogen-bond donors (Lipinski definition) is 1. The van der Waals surface area contributed by atoms with Gasteiger partial charge in [-0.05, 0) is 6.42 Å². The Morgan fingerprint density at radius 1 is 1.53 bits per heavy atom. The smallest absolute Gasteiger partial charge is 0.322 e. The average molecular weight is 277 g/mol. The largest absolute Gasteiger partial charge is 0.468 e. The summed E-state index contributed by atoms with van der Waals surface area (Å²) in [6.07, 6.45) is 3.07. The minimum atomic E-state index is -0.119. The van der Waals surface area contributed by atoms with E-state index in [4.69, 9.17) is 4.74 Å². The van der Waals surface area contributed by atoms with Crippen LogP contribution in [0.15, 0.2) is 0 Å². The van der Waals surface area contributed by atoms with Crippen LogP contribution >= 0.6 is 23.5 Å². The van der Waals surface area contributed by atoms with Crippen LogP contribution in [0.5, 0.6) is 0 Å². The van der Waals surface area contributed by atoms with E-state index in [0.717, 1.165) is 25.8 Å². The molecule has 0 radical (unpaired) electrons. The Balaban J connectivity index is 2.28. The van der Waals surface area contributed by atoms with Gasteiger partial charge in [0.05, 0.1) is 7.11 Å². The highest BCUT2D eigenvalue weighted by Crippen LogP contribution is 2.23. The van der Waals surface area contributed by atoms with Crippen molar-refractivity contribution in [2.24, 2.45) is 0 Å². The molecule has 0 saturated carbocycles. The maximum absolute atomic E-state index is 11.6. The maximum Gasteiger partial charge on any atom is 0.322 e. The van der Waals surface area contributed by atoms with E-state index in [9.17, 15) is 4.79 Å². The summed E-state index contributed by atoms with van der Waals surface area (Å²) < 4.78 is 4.84. The van der Waals surface area contributed by atoms with Crippen molar-refractivity contribution >= 4 is 29.5 Å². The Morgan fingerprint density at radius 3 is 2.94 bits per heavy atom. The van der Waals surface area contributed by atoms with E-state index >= 15 is 0 Å². The van der Waals surface area contributed by atoms with Gasteiger partial charge in [-0.3, -0.25) is 4.79 Å². The summed E-state index contributed by atoms with van der Waals surface area (Å²) in [7, 11) is 1.47. The molecule has 1 aliphatic rings. The number of hydrogen-bond acceptors (Lipinski definition) is 5. The van der Waals surface area contributed by atoms with E-state index in [1.54, 1.807) is 0 Å². The highest BCUT2D eigenvalue weighted by atomic mass is 32.2. The minimum Gasteiger partial charge on any atom is -0.468 e. The summed E-state index contributed by atoms with van der Waals surface area (Å²) in [5, 5.41) is 4.01. The summed E-state index contributed by atoms with van der Waals surface area (Å²) in [6.45, 7) is 3.06. The van der Waals surface area contributed by atoms with Crippen LogP contribution < -0.4 is 5.32 Å². The first-order valence-electron chi connectivity index (χ1n) is 6.28. The van der Waals surface area contributed by atoms with Crippen LogP contribution in [0.4, 0.5) is 0 Å². The second kappa shape index (κ2) is 9.11. The molecule has 1 rings (SSSR count). The van der Waals surface area contributed by atoms with Crippen LogP contribution in [0.2, 0.25) is 0 Å². The van der Waals surface area contributed by atoms with Gasteiger partial charge >= 0.3 is 5.97 Å². The number of carbonyl (C=O) groups is 1. The monoisotopic (exact) mass is 277 g/mol. The molecule has 1 saturated heterocycles. The van der Waals surface area contributed by atoms with Gasteiger partial charge in [0.25, 0.3) is 0 Å². The van der Waals surface area contributed by atoms with Crippen LogP contribution in [0.3, 0.4) is 0 Å². The van der Waals surface area contributed by atoms with Crippen molar-refractivity contribution in [1.29, 1.82) is 0 Å². The zero-order chi connectivity index (χ0) is 12.5. The van der Waals surface area contributed by atoms with E-state index in [0.29, 0.717) is 5.25 Å². The Bertz CT molecular complexity index is 221. The van der Waals surface area contributed by atoms with Crippen LogP contribution in [-0.2, 0) is 9.53 Å². The lowest BCUT2D eigenvalue weighted by Crippen LogP contribution is -2.42.